The molecule has 0 spiro atoms. The first kappa shape index (κ1) is 21.2. The third kappa shape index (κ3) is 4.58. The van der Waals surface area contributed by atoms with Crippen molar-refractivity contribution in [2.24, 2.45) is 5.92 Å². The minimum absolute atomic E-state index is 0.0543. The minimum Gasteiger partial charge on any atom is -0.484 e. The number of hydrogen-bond acceptors (Lipinski definition) is 6. The van der Waals surface area contributed by atoms with E-state index in [4.69, 9.17) is 9.47 Å². The second-order valence-corrected chi connectivity index (χ2v) is 9.39. The third-order valence-electron chi connectivity index (χ3n) is 4.31. The summed E-state index contributed by atoms with van der Waals surface area (Å²) in [6.07, 6.45) is 0. The largest absolute Gasteiger partial charge is 0.484 e. The van der Waals surface area contributed by atoms with Crippen LogP contribution in [0.3, 0.4) is 0 Å². The molecule has 29 heavy (non-hydrogen) atoms. The molecule has 1 N–H and O–H groups in total. The van der Waals surface area contributed by atoms with E-state index in [0.717, 1.165) is 4.91 Å². The lowest BCUT2D eigenvalue weighted by Gasteiger charge is -2.42. The molecule has 1 aromatic carbocycles. The fourth-order valence-electron chi connectivity index (χ4n) is 3.08. The molecule has 8 heteroatoms. The first-order chi connectivity index (χ1) is 13.6. The fourth-order valence-corrected chi connectivity index (χ4v) is 4.54. The van der Waals surface area contributed by atoms with Gasteiger partial charge >= 0.3 is 5.97 Å². The van der Waals surface area contributed by atoms with Gasteiger partial charge in [0.1, 0.15) is 28.5 Å². The normalized spacial score (nSPS) is 21.0. The first-order valence-corrected chi connectivity index (χ1v) is 10.4. The van der Waals surface area contributed by atoms with Crippen molar-refractivity contribution in [3.63, 3.8) is 0 Å². The highest BCUT2D eigenvalue weighted by Gasteiger charge is 2.57. The first-order valence-electron chi connectivity index (χ1n) is 9.53. The number of hydrogen-bond donors (Lipinski definition) is 1. The van der Waals surface area contributed by atoms with Gasteiger partial charge in [-0.05, 0) is 38.8 Å². The summed E-state index contributed by atoms with van der Waals surface area (Å²) in [4.78, 5) is 39.9. The van der Waals surface area contributed by atoms with Crippen LogP contribution in [0.4, 0.5) is 0 Å². The van der Waals surface area contributed by atoms with Gasteiger partial charge < -0.3 is 14.8 Å². The van der Waals surface area contributed by atoms with Crippen molar-refractivity contribution in [3.8, 4) is 5.75 Å². The topological polar surface area (TPSA) is 84.9 Å². The zero-order valence-corrected chi connectivity index (χ0v) is 18.0. The summed E-state index contributed by atoms with van der Waals surface area (Å²) < 4.78 is 10.9. The molecule has 1 saturated heterocycles. The molecule has 0 aromatic heterocycles. The Bertz CT molecular complexity index is 844. The van der Waals surface area contributed by atoms with Crippen LogP contribution in [0.25, 0.3) is 0 Å². The van der Waals surface area contributed by atoms with Crippen molar-refractivity contribution in [1.29, 1.82) is 0 Å². The second kappa shape index (κ2) is 8.10. The van der Waals surface area contributed by atoms with E-state index in [-0.39, 0.29) is 29.7 Å². The standard InChI is InChI=1S/C21H26N2O5S/c1-12(2)17-16(20(26)28-21(3,4)5)23-18(25)15(19(23)29-17)22-14(24)11-27-13-9-7-6-8-10-13/h6-10,12,15,19H,11H2,1-5H3,(H,22,24)/t15-,19-/m1/s1. The van der Waals surface area contributed by atoms with Gasteiger partial charge in [0.15, 0.2) is 6.61 Å². The molecule has 0 saturated carbocycles. The molecule has 0 bridgehead atoms. The van der Waals surface area contributed by atoms with Crippen molar-refractivity contribution in [1.82, 2.24) is 10.2 Å². The number of nitrogens with one attached hydrogen (secondary N) is 1. The smallest absolute Gasteiger partial charge is 0.356 e. The third-order valence-corrected chi connectivity index (χ3v) is 5.95. The van der Waals surface area contributed by atoms with Gasteiger partial charge in [-0.2, -0.15) is 0 Å². The molecule has 3 rings (SSSR count). The zero-order chi connectivity index (χ0) is 21.3. The highest BCUT2D eigenvalue weighted by Crippen LogP contribution is 2.49. The van der Waals surface area contributed by atoms with Crippen LogP contribution in [0.5, 0.6) is 5.75 Å². The monoisotopic (exact) mass is 418 g/mol. The van der Waals surface area contributed by atoms with Crippen LogP contribution in [0, 0.1) is 5.92 Å². The number of benzene rings is 1. The molecule has 2 atom stereocenters. The van der Waals surface area contributed by atoms with E-state index in [2.05, 4.69) is 5.32 Å². The van der Waals surface area contributed by atoms with Crippen LogP contribution in [0.15, 0.2) is 40.9 Å². The Morgan fingerprint density at radius 2 is 1.86 bits per heavy atom. The van der Waals surface area contributed by atoms with Gasteiger partial charge in [-0.25, -0.2) is 4.79 Å². The molecule has 7 nitrogen and oxygen atoms in total. The molecule has 0 unspecified atom stereocenters. The van der Waals surface area contributed by atoms with Crippen LogP contribution in [0.1, 0.15) is 34.6 Å². The predicted molar refractivity (Wildman–Crippen MR) is 110 cm³/mol. The zero-order valence-electron chi connectivity index (χ0n) is 17.2. The molecule has 1 fully saturated rings. The Hall–Kier alpha value is -2.48. The summed E-state index contributed by atoms with van der Waals surface area (Å²) in [5.41, 5.74) is -0.369. The number of β-lactam (4-membered cyclic amide) rings is 1. The highest BCUT2D eigenvalue weighted by molar-refractivity contribution is 8.04. The predicted octanol–water partition coefficient (Wildman–Crippen LogP) is 2.67. The summed E-state index contributed by atoms with van der Waals surface area (Å²) in [5.74, 6) is -0.577. The number of esters is 1. The van der Waals surface area contributed by atoms with Gasteiger partial charge in [0, 0.05) is 4.91 Å². The van der Waals surface area contributed by atoms with Crippen molar-refractivity contribution < 1.29 is 23.9 Å². The summed E-state index contributed by atoms with van der Waals surface area (Å²) in [6, 6.07) is 8.29. The van der Waals surface area contributed by atoms with E-state index < -0.39 is 17.6 Å². The van der Waals surface area contributed by atoms with E-state index >= 15 is 0 Å². The van der Waals surface area contributed by atoms with Gasteiger partial charge in [0.25, 0.3) is 11.8 Å². The SMILES string of the molecule is CC(C)C1=C(C(=O)OC(C)(C)C)N2C(=O)[C@@H](NC(=O)COc3ccccc3)[C@H]2S1. The maximum Gasteiger partial charge on any atom is 0.356 e. The summed E-state index contributed by atoms with van der Waals surface area (Å²) in [6.45, 7) is 9.10. The number of carbonyl (C=O) groups is 3. The number of carbonyl (C=O) groups excluding carboxylic acids is 3. The summed E-state index contributed by atoms with van der Waals surface area (Å²) >= 11 is 1.43. The van der Waals surface area contributed by atoms with Gasteiger partial charge in [0.2, 0.25) is 0 Å². The van der Waals surface area contributed by atoms with E-state index in [1.165, 1.54) is 16.7 Å². The average Bonchev–Trinajstić information content (AvgIpc) is 3.00. The molecular weight excluding hydrogens is 392 g/mol. The van der Waals surface area contributed by atoms with Crippen LogP contribution in [-0.4, -0.2) is 46.3 Å². The highest BCUT2D eigenvalue weighted by atomic mass is 32.2. The Morgan fingerprint density at radius 3 is 2.45 bits per heavy atom. The molecule has 0 aliphatic carbocycles. The van der Waals surface area contributed by atoms with Crippen molar-refractivity contribution in [2.45, 2.75) is 51.6 Å². The molecule has 2 aliphatic heterocycles. The van der Waals surface area contributed by atoms with Crippen molar-refractivity contribution in [3.05, 3.63) is 40.9 Å². The maximum atomic E-state index is 12.7. The van der Waals surface area contributed by atoms with Crippen LogP contribution in [0.2, 0.25) is 0 Å². The molecule has 156 valence electrons. The van der Waals surface area contributed by atoms with Crippen molar-refractivity contribution >= 4 is 29.5 Å². The fraction of sp³-hybridized carbons (Fsp3) is 0.476. The Morgan fingerprint density at radius 1 is 1.21 bits per heavy atom. The minimum atomic E-state index is -0.694. The Balaban J connectivity index is 1.65. The van der Waals surface area contributed by atoms with E-state index in [1.54, 1.807) is 32.9 Å². The number of ether oxygens (including phenoxy) is 2. The van der Waals surface area contributed by atoms with Gasteiger partial charge in [-0.15, -0.1) is 0 Å². The lowest BCUT2D eigenvalue weighted by atomic mass is 10.0. The molecular formula is C21H26N2O5S. The van der Waals surface area contributed by atoms with E-state index in [9.17, 15) is 14.4 Å². The van der Waals surface area contributed by atoms with Gasteiger partial charge in [-0.3, -0.25) is 14.5 Å². The van der Waals surface area contributed by atoms with Crippen LogP contribution >= 0.6 is 11.8 Å². The van der Waals surface area contributed by atoms with Crippen LogP contribution in [-0.2, 0) is 19.1 Å². The molecule has 2 heterocycles. The molecule has 1 aromatic rings. The van der Waals surface area contributed by atoms with Crippen molar-refractivity contribution in [2.75, 3.05) is 6.61 Å². The summed E-state index contributed by atoms with van der Waals surface area (Å²) in [7, 11) is 0. The lowest BCUT2D eigenvalue weighted by Crippen LogP contribution is -2.68. The number of nitrogens with zero attached hydrogens (tertiary/aromatic N) is 1. The molecule has 2 amide bonds. The number of amides is 2. The maximum absolute atomic E-state index is 12.7. The quantitative estimate of drug-likeness (QED) is 0.565. The average molecular weight is 419 g/mol. The van der Waals surface area contributed by atoms with Gasteiger partial charge in [-0.1, -0.05) is 43.8 Å². The number of thioether (sulfide) groups is 1. The Kier molecular flexibility index (Phi) is 5.93. The lowest BCUT2D eigenvalue weighted by molar-refractivity contribution is -0.158. The Labute approximate surface area is 174 Å². The van der Waals surface area contributed by atoms with Crippen LogP contribution < -0.4 is 10.1 Å². The second-order valence-electron chi connectivity index (χ2n) is 8.23. The molecule has 0 radical (unpaired) electrons. The number of para-hydroxylation sites is 1. The van der Waals surface area contributed by atoms with E-state index in [1.807, 2.05) is 32.0 Å². The number of fused-ring (bicyclic) bond motifs is 1. The summed E-state index contributed by atoms with van der Waals surface area (Å²) in [5, 5.41) is 2.38. The van der Waals surface area contributed by atoms with E-state index in [0.29, 0.717) is 11.4 Å². The number of allylic oxidation sites excluding steroid dienone is 1. The molecule has 2 aliphatic rings. The van der Waals surface area contributed by atoms with Gasteiger partial charge in [0.05, 0.1) is 0 Å². The number of rotatable bonds is 6.